The van der Waals surface area contributed by atoms with E-state index >= 15 is 0 Å². The van der Waals surface area contributed by atoms with Crippen molar-refractivity contribution in [3.8, 4) is 0 Å². The lowest BCUT2D eigenvalue weighted by Crippen LogP contribution is -2.47. The van der Waals surface area contributed by atoms with Crippen molar-refractivity contribution in [3.05, 3.63) is 54.1 Å². The highest BCUT2D eigenvalue weighted by atomic mass is 32.2. The molecule has 2 saturated heterocycles. The second-order valence-electron chi connectivity index (χ2n) is 8.06. The Hall–Kier alpha value is -1.85. The van der Waals surface area contributed by atoms with Crippen LogP contribution in [-0.4, -0.2) is 45.0 Å². The molecule has 2 aromatic carbocycles. The summed E-state index contributed by atoms with van der Waals surface area (Å²) in [6.45, 7) is 3.50. The number of rotatable bonds is 3. The first-order valence-corrected chi connectivity index (χ1v) is 11.5. The van der Waals surface area contributed by atoms with Gasteiger partial charge in [-0.2, -0.15) is 0 Å². The Morgan fingerprint density at radius 1 is 0.852 bits per heavy atom. The van der Waals surface area contributed by atoms with E-state index in [9.17, 15) is 8.42 Å². The third-order valence-corrected chi connectivity index (χ3v) is 8.35. The highest BCUT2D eigenvalue weighted by Crippen LogP contribution is 2.37. The molecule has 3 heterocycles. The van der Waals surface area contributed by atoms with Gasteiger partial charge in [0.1, 0.15) is 0 Å². The number of piperidine rings is 1. The molecule has 0 saturated carbocycles. The van der Waals surface area contributed by atoms with E-state index in [1.807, 2.05) is 18.2 Å². The molecule has 0 bridgehead atoms. The second kappa shape index (κ2) is 6.64. The molecule has 0 aliphatic carbocycles. The van der Waals surface area contributed by atoms with Crippen molar-refractivity contribution in [1.82, 2.24) is 4.90 Å². The monoisotopic (exact) mass is 382 g/mol. The van der Waals surface area contributed by atoms with Crippen molar-refractivity contribution in [2.24, 2.45) is 0 Å². The van der Waals surface area contributed by atoms with Gasteiger partial charge in [0.2, 0.25) is 9.84 Å². The molecule has 2 aromatic rings. The molecule has 5 heteroatoms. The summed E-state index contributed by atoms with van der Waals surface area (Å²) >= 11 is 0. The minimum atomic E-state index is -3.44. The Labute approximate surface area is 161 Å². The minimum absolute atomic E-state index is 0.369. The molecule has 0 radical (unpaired) electrons. The van der Waals surface area contributed by atoms with Gasteiger partial charge in [0.05, 0.1) is 9.79 Å². The third-order valence-electron chi connectivity index (χ3n) is 6.58. The molecule has 2 atom stereocenters. The van der Waals surface area contributed by atoms with E-state index in [0.717, 1.165) is 19.0 Å². The summed E-state index contributed by atoms with van der Waals surface area (Å²) in [7, 11) is -3.44. The summed E-state index contributed by atoms with van der Waals surface area (Å²) in [5.74, 6) is 0. The largest absolute Gasteiger partial charge is 0.368 e. The zero-order valence-electron chi connectivity index (χ0n) is 15.5. The summed E-state index contributed by atoms with van der Waals surface area (Å²) in [6.07, 6.45) is 6.10. The van der Waals surface area contributed by atoms with Gasteiger partial charge in [-0.25, -0.2) is 8.42 Å². The van der Waals surface area contributed by atoms with Crippen molar-refractivity contribution in [1.29, 1.82) is 0 Å². The van der Waals surface area contributed by atoms with E-state index in [0.29, 0.717) is 15.8 Å². The lowest BCUT2D eigenvalue weighted by atomic mass is 9.96. The Morgan fingerprint density at radius 3 is 2.56 bits per heavy atom. The van der Waals surface area contributed by atoms with Crippen LogP contribution >= 0.6 is 0 Å². The summed E-state index contributed by atoms with van der Waals surface area (Å²) in [5.41, 5.74) is 2.43. The van der Waals surface area contributed by atoms with Crippen LogP contribution in [0.4, 0.5) is 5.69 Å². The molecule has 142 valence electrons. The van der Waals surface area contributed by atoms with Gasteiger partial charge in [-0.3, -0.25) is 0 Å². The predicted molar refractivity (Wildman–Crippen MR) is 107 cm³/mol. The van der Waals surface area contributed by atoms with Crippen LogP contribution in [0, 0.1) is 0 Å². The first-order valence-electron chi connectivity index (χ1n) is 10.1. The summed E-state index contributed by atoms with van der Waals surface area (Å²) in [4.78, 5) is 5.99. The van der Waals surface area contributed by atoms with Gasteiger partial charge in [0, 0.05) is 30.9 Å². The lowest BCUT2D eigenvalue weighted by molar-refractivity contribution is 0.178. The fourth-order valence-electron chi connectivity index (χ4n) is 5.17. The molecule has 2 fully saturated rings. The Morgan fingerprint density at radius 2 is 1.70 bits per heavy atom. The maximum atomic E-state index is 12.9. The van der Waals surface area contributed by atoms with Crippen LogP contribution in [0.3, 0.4) is 0 Å². The fourth-order valence-corrected chi connectivity index (χ4v) is 6.50. The van der Waals surface area contributed by atoms with Crippen LogP contribution in [0.5, 0.6) is 0 Å². The number of fused-ring (bicyclic) bond motifs is 2. The SMILES string of the molecule is O=S(=O)(c1ccccc1)c1ccc2c(c1)CCN2C1CCN2CCCC2C1. The molecule has 5 rings (SSSR count). The van der Waals surface area contributed by atoms with Crippen LogP contribution in [0.1, 0.15) is 31.2 Å². The molecule has 3 aliphatic rings. The Kier molecular flexibility index (Phi) is 4.25. The summed E-state index contributed by atoms with van der Waals surface area (Å²) in [5, 5.41) is 0. The van der Waals surface area contributed by atoms with Crippen molar-refractivity contribution < 1.29 is 8.42 Å². The van der Waals surface area contributed by atoms with Gasteiger partial charge < -0.3 is 9.80 Å². The first kappa shape index (κ1) is 17.3. The summed E-state index contributed by atoms with van der Waals surface area (Å²) in [6, 6.07) is 15.8. The van der Waals surface area contributed by atoms with Crippen molar-refractivity contribution >= 4 is 15.5 Å². The quantitative estimate of drug-likeness (QED) is 0.815. The molecule has 0 N–H and O–H groups in total. The van der Waals surface area contributed by atoms with Crippen LogP contribution in [0.25, 0.3) is 0 Å². The number of nitrogens with zero attached hydrogens (tertiary/aromatic N) is 2. The fraction of sp³-hybridized carbons (Fsp3) is 0.455. The van der Waals surface area contributed by atoms with E-state index < -0.39 is 9.84 Å². The van der Waals surface area contributed by atoms with Crippen molar-refractivity contribution in [2.75, 3.05) is 24.5 Å². The van der Waals surface area contributed by atoms with Gasteiger partial charge in [0.15, 0.2) is 0 Å². The number of sulfone groups is 1. The van der Waals surface area contributed by atoms with E-state index in [1.54, 1.807) is 30.3 Å². The maximum Gasteiger partial charge on any atom is 0.206 e. The zero-order valence-corrected chi connectivity index (χ0v) is 16.4. The normalized spacial score (nSPS) is 25.4. The molecule has 3 aliphatic heterocycles. The van der Waals surface area contributed by atoms with Gasteiger partial charge >= 0.3 is 0 Å². The minimum Gasteiger partial charge on any atom is -0.368 e. The number of hydrogen-bond acceptors (Lipinski definition) is 4. The van der Waals surface area contributed by atoms with Crippen LogP contribution < -0.4 is 4.90 Å². The Balaban J connectivity index is 1.41. The van der Waals surface area contributed by atoms with Crippen molar-refractivity contribution in [3.63, 3.8) is 0 Å². The number of hydrogen-bond donors (Lipinski definition) is 0. The number of anilines is 1. The smallest absolute Gasteiger partial charge is 0.206 e. The summed E-state index contributed by atoms with van der Waals surface area (Å²) < 4.78 is 25.8. The van der Waals surface area contributed by atoms with Gasteiger partial charge in [-0.1, -0.05) is 18.2 Å². The predicted octanol–water partition coefficient (Wildman–Crippen LogP) is 3.51. The van der Waals surface area contributed by atoms with Gasteiger partial charge in [-0.15, -0.1) is 0 Å². The third kappa shape index (κ3) is 2.97. The number of benzene rings is 2. The highest BCUT2D eigenvalue weighted by molar-refractivity contribution is 7.91. The molecule has 2 unspecified atom stereocenters. The van der Waals surface area contributed by atoms with E-state index in [-0.39, 0.29) is 0 Å². The van der Waals surface area contributed by atoms with E-state index in [2.05, 4.69) is 9.80 Å². The molecule has 27 heavy (non-hydrogen) atoms. The van der Waals surface area contributed by atoms with Gasteiger partial charge in [-0.05, 0) is 74.5 Å². The molecule has 4 nitrogen and oxygen atoms in total. The second-order valence-corrected chi connectivity index (χ2v) is 10.0. The lowest BCUT2D eigenvalue weighted by Gasteiger charge is -2.40. The van der Waals surface area contributed by atoms with Crippen LogP contribution in [0.15, 0.2) is 58.3 Å². The van der Waals surface area contributed by atoms with E-state index in [1.165, 1.54) is 50.0 Å². The van der Waals surface area contributed by atoms with E-state index in [4.69, 9.17) is 0 Å². The molecular formula is C22H26N2O2S. The molecular weight excluding hydrogens is 356 g/mol. The highest BCUT2D eigenvalue weighted by Gasteiger charge is 2.36. The Bertz CT molecular complexity index is 942. The van der Waals surface area contributed by atoms with Gasteiger partial charge in [0.25, 0.3) is 0 Å². The average Bonchev–Trinajstić information content (AvgIpc) is 3.34. The van der Waals surface area contributed by atoms with Crippen LogP contribution in [-0.2, 0) is 16.3 Å². The molecule has 0 spiro atoms. The zero-order chi connectivity index (χ0) is 18.4. The topological polar surface area (TPSA) is 40.6 Å². The molecule has 0 aromatic heterocycles. The molecule has 0 amide bonds. The standard InChI is InChI=1S/C22H26N2O2S/c25-27(26,20-6-2-1-3-7-20)21-8-9-22-17(15-21)10-14-24(22)19-11-13-23-12-4-5-18(23)16-19/h1-3,6-9,15,18-19H,4-5,10-14,16H2. The van der Waals surface area contributed by atoms with Crippen LogP contribution in [0.2, 0.25) is 0 Å². The maximum absolute atomic E-state index is 12.9. The average molecular weight is 383 g/mol. The van der Waals surface area contributed by atoms with Crippen molar-refractivity contribution in [2.45, 2.75) is 54.0 Å². The first-order chi connectivity index (χ1) is 13.1.